The predicted molar refractivity (Wildman–Crippen MR) is 47.0 cm³/mol. The molecule has 12 heavy (non-hydrogen) atoms. The molecule has 0 aromatic heterocycles. The molecule has 0 bridgehead atoms. The second-order valence-electron chi connectivity index (χ2n) is 2.46. The summed E-state index contributed by atoms with van der Waals surface area (Å²) in [6, 6.07) is 0. The van der Waals surface area contributed by atoms with Gasteiger partial charge in [-0.1, -0.05) is 23.2 Å². The average Bonchev–Trinajstić information content (AvgIpc) is 2.30. The summed E-state index contributed by atoms with van der Waals surface area (Å²) in [5.41, 5.74) is 0. The molecule has 0 aromatic carbocycles. The summed E-state index contributed by atoms with van der Waals surface area (Å²) in [6.07, 6.45) is 3.18. The third-order valence-corrected chi connectivity index (χ3v) is 2.30. The molecule has 62 valence electrons. The van der Waals surface area contributed by atoms with Crippen LogP contribution in [0.4, 0.5) is 0 Å². The third kappa shape index (κ3) is 1.15. The number of fused-ring (bicyclic) bond motifs is 1. The third-order valence-electron chi connectivity index (χ3n) is 1.59. The molecule has 0 radical (unpaired) electrons. The molecule has 0 atom stereocenters. The van der Waals surface area contributed by atoms with E-state index in [1.165, 1.54) is 0 Å². The minimum absolute atomic E-state index is 0.173. The van der Waals surface area contributed by atoms with Crippen LogP contribution in [0.2, 0.25) is 0 Å². The van der Waals surface area contributed by atoms with Crippen LogP contribution >= 0.6 is 23.2 Å². The van der Waals surface area contributed by atoms with Crippen LogP contribution < -0.4 is 0 Å². The van der Waals surface area contributed by atoms with Gasteiger partial charge in [-0.15, -0.1) is 0 Å². The molecule has 5 heteroatoms. The number of carbonyl (C=O) groups is 1. The van der Waals surface area contributed by atoms with Gasteiger partial charge in [-0.2, -0.15) is 4.99 Å². The van der Waals surface area contributed by atoms with Crippen LogP contribution in [0.5, 0.6) is 0 Å². The van der Waals surface area contributed by atoms with Gasteiger partial charge < -0.3 is 4.90 Å². The van der Waals surface area contributed by atoms with E-state index in [0.29, 0.717) is 15.9 Å². The van der Waals surface area contributed by atoms with Crippen molar-refractivity contribution < 1.29 is 4.79 Å². The van der Waals surface area contributed by atoms with E-state index in [-0.39, 0.29) is 12.5 Å². The van der Waals surface area contributed by atoms with Crippen molar-refractivity contribution in [2.75, 3.05) is 6.54 Å². The van der Waals surface area contributed by atoms with E-state index in [9.17, 15) is 4.79 Å². The zero-order valence-corrected chi connectivity index (χ0v) is 7.43. The number of carbonyl (C=O) groups excluding carboxylic acids is 1. The number of rotatable bonds is 0. The molecule has 0 aromatic rings. The van der Waals surface area contributed by atoms with E-state index in [1.807, 2.05) is 0 Å². The number of hydrogen-bond acceptors (Lipinski definition) is 2. The summed E-state index contributed by atoms with van der Waals surface area (Å²) in [6.45, 7) is 0.256. The lowest BCUT2D eigenvalue weighted by atomic mass is 10.3. The van der Waals surface area contributed by atoms with Crippen LogP contribution in [0, 0.1) is 0 Å². The van der Waals surface area contributed by atoms with Gasteiger partial charge in [0.15, 0.2) is 0 Å². The summed E-state index contributed by atoms with van der Waals surface area (Å²) < 4.78 is 0. The van der Waals surface area contributed by atoms with Gasteiger partial charge >= 0.3 is 0 Å². The molecule has 2 heterocycles. The number of amides is 1. The summed E-state index contributed by atoms with van der Waals surface area (Å²) in [5, 5.41) is 0.853. The standard InChI is InChI=1S/C7H4Cl2N2O/c8-4-1-6-10-7(12)3-11(6)2-5(4)9/h1-2H,3H2. The quantitative estimate of drug-likeness (QED) is 0.596. The van der Waals surface area contributed by atoms with Gasteiger partial charge in [-0.25, -0.2) is 0 Å². The molecular weight excluding hydrogens is 199 g/mol. The molecule has 0 N–H and O–H groups in total. The van der Waals surface area contributed by atoms with Gasteiger partial charge in [-0.05, 0) is 0 Å². The number of nitrogens with zero attached hydrogens (tertiary/aromatic N) is 2. The van der Waals surface area contributed by atoms with E-state index >= 15 is 0 Å². The van der Waals surface area contributed by atoms with Gasteiger partial charge in [0.05, 0.1) is 10.1 Å². The Hall–Kier alpha value is -0.800. The van der Waals surface area contributed by atoms with Gasteiger partial charge in [0, 0.05) is 12.3 Å². The van der Waals surface area contributed by atoms with Gasteiger partial charge in [0.1, 0.15) is 12.4 Å². The zero-order valence-electron chi connectivity index (χ0n) is 5.92. The van der Waals surface area contributed by atoms with Gasteiger partial charge in [0.25, 0.3) is 5.91 Å². The summed E-state index contributed by atoms with van der Waals surface area (Å²) in [7, 11) is 0. The minimum Gasteiger partial charge on any atom is -0.322 e. The van der Waals surface area contributed by atoms with E-state index in [1.54, 1.807) is 17.2 Å². The van der Waals surface area contributed by atoms with Crippen LogP contribution in [0.15, 0.2) is 27.3 Å². The van der Waals surface area contributed by atoms with Gasteiger partial charge in [0.2, 0.25) is 0 Å². The fraction of sp³-hybridized carbons (Fsp3) is 0.143. The number of aliphatic imine (C=N–C) groups is 1. The molecule has 2 aliphatic heterocycles. The molecule has 0 saturated carbocycles. The molecule has 1 amide bonds. The van der Waals surface area contributed by atoms with Crippen LogP contribution in [0.25, 0.3) is 0 Å². The van der Waals surface area contributed by atoms with Crippen LogP contribution in [0.1, 0.15) is 0 Å². The first-order valence-electron chi connectivity index (χ1n) is 3.30. The molecule has 0 saturated heterocycles. The highest BCUT2D eigenvalue weighted by atomic mass is 35.5. The average molecular weight is 203 g/mol. The Morgan fingerprint density at radius 3 is 2.92 bits per heavy atom. The highest BCUT2D eigenvalue weighted by Crippen LogP contribution is 2.25. The number of allylic oxidation sites excluding steroid dienone is 2. The second-order valence-corrected chi connectivity index (χ2v) is 3.28. The van der Waals surface area contributed by atoms with Crippen molar-refractivity contribution in [3.05, 3.63) is 22.3 Å². The first-order chi connectivity index (χ1) is 5.66. The molecule has 0 fully saturated rings. The van der Waals surface area contributed by atoms with Crippen molar-refractivity contribution in [2.45, 2.75) is 0 Å². The fourth-order valence-electron chi connectivity index (χ4n) is 1.06. The van der Waals surface area contributed by atoms with E-state index in [2.05, 4.69) is 4.99 Å². The first-order valence-corrected chi connectivity index (χ1v) is 4.05. The molecule has 0 spiro atoms. The Morgan fingerprint density at radius 1 is 1.42 bits per heavy atom. The van der Waals surface area contributed by atoms with Gasteiger partial charge in [-0.3, -0.25) is 4.79 Å². The number of hydrogen-bond donors (Lipinski definition) is 0. The molecular formula is C7H4Cl2N2O. The Morgan fingerprint density at radius 2 is 2.17 bits per heavy atom. The van der Waals surface area contributed by atoms with Crippen molar-refractivity contribution >= 4 is 34.9 Å². The summed E-state index contributed by atoms with van der Waals surface area (Å²) in [5.74, 6) is 0.391. The fourth-order valence-corrected chi connectivity index (χ4v) is 1.38. The van der Waals surface area contributed by atoms with Crippen LogP contribution in [-0.2, 0) is 4.79 Å². The maximum atomic E-state index is 10.8. The Balaban J connectivity index is 2.41. The lowest BCUT2D eigenvalue weighted by Gasteiger charge is -2.16. The Labute approximate surface area is 79.0 Å². The van der Waals surface area contributed by atoms with E-state index in [0.717, 1.165) is 0 Å². The van der Waals surface area contributed by atoms with Crippen molar-refractivity contribution in [3.63, 3.8) is 0 Å². The Kier molecular flexibility index (Phi) is 1.70. The van der Waals surface area contributed by atoms with E-state index < -0.39 is 0 Å². The monoisotopic (exact) mass is 202 g/mol. The van der Waals surface area contributed by atoms with E-state index in [4.69, 9.17) is 23.2 Å². The van der Waals surface area contributed by atoms with Crippen LogP contribution in [-0.4, -0.2) is 23.2 Å². The van der Waals surface area contributed by atoms with Crippen molar-refractivity contribution in [3.8, 4) is 0 Å². The highest BCUT2D eigenvalue weighted by molar-refractivity contribution is 6.45. The zero-order chi connectivity index (χ0) is 8.72. The first kappa shape index (κ1) is 7.83. The van der Waals surface area contributed by atoms with Crippen molar-refractivity contribution in [1.82, 2.24) is 4.90 Å². The minimum atomic E-state index is -0.173. The largest absolute Gasteiger partial charge is 0.322 e. The van der Waals surface area contributed by atoms with Crippen molar-refractivity contribution in [1.29, 1.82) is 0 Å². The molecule has 2 aliphatic rings. The maximum absolute atomic E-state index is 10.8. The SMILES string of the molecule is O=C1CN2C=C(Cl)C(Cl)=CC2=N1. The predicted octanol–water partition coefficient (Wildman–Crippen LogP) is 1.44. The summed E-state index contributed by atoms with van der Waals surface area (Å²) in [4.78, 5) is 16.2. The summed E-state index contributed by atoms with van der Waals surface area (Å²) >= 11 is 11.5. The smallest absolute Gasteiger partial charge is 0.267 e. The maximum Gasteiger partial charge on any atom is 0.267 e. The Bertz CT molecular complexity index is 343. The van der Waals surface area contributed by atoms with Crippen LogP contribution in [0.3, 0.4) is 0 Å². The molecule has 3 nitrogen and oxygen atoms in total. The number of halogens is 2. The second kappa shape index (κ2) is 2.61. The lowest BCUT2D eigenvalue weighted by Crippen LogP contribution is -2.23. The normalized spacial score (nSPS) is 21.7. The lowest BCUT2D eigenvalue weighted by molar-refractivity contribution is -0.116. The number of amidine groups is 1. The molecule has 0 unspecified atom stereocenters. The molecule has 0 aliphatic carbocycles. The highest BCUT2D eigenvalue weighted by Gasteiger charge is 2.24. The molecule has 2 rings (SSSR count). The topological polar surface area (TPSA) is 32.7 Å². The van der Waals surface area contributed by atoms with Crippen molar-refractivity contribution in [2.24, 2.45) is 4.99 Å².